The summed E-state index contributed by atoms with van der Waals surface area (Å²) in [7, 11) is 0. The average molecular weight is 304 g/mol. The monoisotopic (exact) mass is 304 g/mol. The Morgan fingerprint density at radius 1 is 1.36 bits per heavy atom. The van der Waals surface area contributed by atoms with Crippen LogP contribution in [0.25, 0.3) is 0 Å². The molecule has 0 radical (unpaired) electrons. The van der Waals surface area contributed by atoms with Crippen molar-refractivity contribution in [2.24, 2.45) is 0 Å². The third kappa shape index (κ3) is 3.57. The number of fused-ring (bicyclic) bond motifs is 1. The van der Waals surface area contributed by atoms with E-state index in [-0.39, 0.29) is 37.4 Å². The first kappa shape index (κ1) is 14.8. The molecule has 0 spiro atoms. The van der Waals surface area contributed by atoms with E-state index in [1.807, 2.05) is 30.3 Å². The summed E-state index contributed by atoms with van der Waals surface area (Å²) in [6.07, 6.45) is 1.33. The molecule has 0 aliphatic carbocycles. The maximum Gasteiger partial charge on any atom is 0.410 e. The topological polar surface area (TPSA) is 67.9 Å². The molecule has 0 saturated carbocycles. The SMILES string of the molecule is O=C1CO[C@H]2CCCN(C(=O)OCc3ccccc3)C[C@@H]2N1. The van der Waals surface area contributed by atoms with E-state index in [0.29, 0.717) is 13.1 Å². The van der Waals surface area contributed by atoms with Gasteiger partial charge in [-0.05, 0) is 18.4 Å². The van der Waals surface area contributed by atoms with E-state index in [1.54, 1.807) is 4.90 Å². The third-order valence-corrected chi connectivity index (χ3v) is 4.02. The summed E-state index contributed by atoms with van der Waals surface area (Å²) in [6, 6.07) is 9.44. The molecule has 1 aromatic carbocycles. The maximum absolute atomic E-state index is 12.2. The van der Waals surface area contributed by atoms with Crippen LogP contribution in [0, 0.1) is 0 Å². The fourth-order valence-electron chi connectivity index (χ4n) is 2.88. The molecule has 0 bridgehead atoms. The van der Waals surface area contributed by atoms with E-state index in [9.17, 15) is 9.59 Å². The van der Waals surface area contributed by atoms with Gasteiger partial charge in [0, 0.05) is 13.1 Å². The molecule has 2 fully saturated rings. The van der Waals surface area contributed by atoms with Crippen LogP contribution in [-0.4, -0.2) is 48.7 Å². The lowest BCUT2D eigenvalue weighted by Gasteiger charge is -2.32. The van der Waals surface area contributed by atoms with Crippen LogP contribution in [0.1, 0.15) is 18.4 Å². The molecule has 2 aliphatic rings. The van der Waals surface area contributed by atoms with Crippen molar-refractivity contribution in [1.29, 1.82) is 0 Å². The first-order chi connectivity index (χ1) is 10.7. The van der Waals surface area contributed by atoms with Crippen molar-refractivity contribution in [3.05, 3.63) is 35.9 Å². The number of hydrogen-bond acceptors (Lipinski definition) is 4. The summed E-state index contributed by atoms with van der Waals surface area (Å²) < 4.78 is 10.9. The van der Waals surface area contributed by atoms with Crippen molar-refractivity contribution in [1.82, 2.24) is 10.2 Å². The number of ether oxygens (including phenoxy) is 2. The second-order valence-electron chi connectivity index (χ2n) is 5.65. The lowest BCUT2D eigenvalue weighted by atomic mass is 10.1. The van der Waals surface area contributed by atoms with Crippen molar-refractivity contribution in [3.8, 4) is 0 Å². The zero-order valence-corrected chi connectivity index (χ0v) is 12.4. The molecule has 3 rings (SSSR count). The first-order valence-electron chi connectivity index (χ1n) is 7.59. The van der Waals surface area contributed by atoms with E-state index >= 15 is 0 Å². The van der Waals surface area contributed by atoms with Crippen LogP contribution in [0.5, 0.6) is 0 Å². The van der Waals surface area contributed by atoms with E-state index in [4.69, 9.17) is 9.47 Å². The van der Waals surface area contributed by atoms with Gasteiger partial charge in [-0.1, -0.05) is 30.3 Å². The van der Waals surface area contributed by atoms with Crippen LogP contribution in [0.2, 0.25) is 0 Å². The van der Waals surface area contributed by atoms with Crippen molar-refractivity contribution >= 4 is 12.0 Å². The molecule has 1 N–H and O–H groups in total. The number of rotatable bonds is 2. The molecule has 22 heavy (non-hydrogen) atoms. The van der Waals surface area contributed by atoms with Crippen molar-refractivity contribution in [3.63, 3.8) is 0 Å². The molecule has 2 saturated heterocycles. The third-order valence-electron chi connectivity index (χ3n) is 4.02. The highest BCUT2D eigenvalue weighted by atomic mass is 16.6. The summed E-state index contributed by atoms with van der Waals surface area (Å²) in [5.41, 5.74) is 0.956. The minimum absolute atomic E-state index is 0.00961. The number of morpholine rings is 1. The molecule has 6 nitrogen and oxygen atoms in total. The van der Waals surface area contributed by atoms with Crippen LogP contribution in [0.15, 0.2) is 30.3 Å². The van der Waals surface area contributed by atoms with Gasteiger partial charge < -0.3 is 19.7 Å². The molecule has 1 aromatic rings. The predicted octanol–water partition coefficient (Wildman–Crippen LogP) is 1.30. The van der Waals surface area contributed by atoms with Crippen molar-refractivity contribution in [2.45, 2.75) is 31.6 Å². The lowest BCUT2D eigenvalue weighted by molar-refractivity contribution is -0.137. The quantitative estimate of drug-likeness (QED) is 0.894. The second kappa shape index (κ2) is 6.79. The van der Waals surface area contributed by atoms with Gasteiger partial charge >= 0.3 is 6.09 Å². The van der Waals surface area contributed by atoms with Gasteiger partial charge in [0.15, 0.2) is 0 Å². The molecule has 2 heterocycles. The number of nitrogens with zero attached hydrogens (tertiary/aromatic N) is 1. The van der Waals surface area contributed by atoms with Gasteiger partial charge in [-0.2, -0.15) is 0 Å². The average Bonchev–Trinajstić information content (AvgIpc) is 2.75. The van der Waals surface area contributed by atoms with Gasteiger partial charge in [0.25, 0.3) is 0 Å². The summed E-state index contributed by atoms with van der Waals surface area (Å²) in [6.45, 7) is 1.43. The van der Waals surface area contributed by atoms with Gasteiger partial charge in [-0.15, -0.1) is 0 Å². The Morgan fingerprint density at radius 2 is 2.18 bits per heavy atom. The number of carbonyl (C=O) groups is 2. The van der Waals surface area contributed by atoms with Crippen LogP contribution in [0.4, 0.5) is 4.79 Å². The molecule has 2 amide bonds. The summed E-state index contributed by atoms with van der Waals surface area (Å²) in [4.78, 5) is 25.3. The smallest absolute Gasteiger partial charge is 0.410 e. The largest absolute Gasteiger partial charge is 0.445 e. The highest BCUT2D eigenvalue weighted by Gasteiger charge is 2.34. The minimum Gasteiger partial charge on any atom is -0.445 e. The molecular weight excluding hydrogens is 284 g/mol. The maximum atomic E-state index is 12.2. The summed E-state index contributed by atoms with van der Waals surface area (Å²) in [5.74, 6) is -0.124. The molecule has 2 aliphatic heterocycles. The highest BCUT2D eigenvalue weighted by molar-refractivity contribution is 5.78. The Balaban J connectivity index is 1.56. The van der Waals surface area contributed by atoms with E-state index in [0.717, 1.165) is 18.4 Å². The highest BCUT2D eigenvalue weighted by Crippen LogP contribution is 2.18. The van der Waals surface area contributed by atoms with E-state index in [2.05, 4.69) is 5.32 Å². The van der Waals surface area contributed by atoms with E-state index in [1.165, 1.54) is 0 Å². The number of amides is 2. The second-order valence-corrected chi connectivity index (χ2v) is 5.65. The number of nitrogens with one attached hydrogen (secondary N) is 1. The molecule has 2 atom stereocenters. The number of benzene rings is 1. The zero-order valence-electron chi connectivity index (χ0n) is 12.4. The minimum atomic E-state index is -0.343. The van der Waals surface area contributed by atoms with Crippen molar-refractivity contribution in [2.75, 3.05) is 19.7 Å². The number of likely N-dealkylation sites (tertiary alicyclic amines) is 1. The van der Waals surface area contributed by atoms with Crippen LogP contribution >= 0.6 is 0 Å². The van der Waals surface area contributed by atoms with Gasteiger partial charge in [0.05, 0.1) is 12.1 Å². The Labute approximate surface area is 129 Å². The normalized spacial score (nSPS) is 24.9. The van der Waals surface area contributed by atoms with E-state index < -0.39 is 0 Å². The zero-order chi connectivity index (χ0) is 15.4. The summed E-state index contributed by atoms with van der Waals surface area (Å²) in [5, 5.41) is 2.90. The molecule has 118 valence electrons. The molecular formula is C16H20N2O4. The molecule has 6 heteroatoms. The van der Waals surface area contributed by atoms with Gasteiger partial charge in [0.2, 0.25) is 5.91 Å². The standard InChI is InChI=1S/C16H20N2O4/c19-15-11-21-14-7-4-8-18(9-13(14)17-15)16(20)22-10-12-5-2-1-3-6-12/h1-3,5-6,13-14H,4,7-11H2,(H,17,19)/t13-,14-/m0/s1. The Hall–Kier alpha value is -2.08. The number of carbonyl (C=O) groups excluding carboxylic acids is 2. The molecule has 0 aromatic heterocycles. The summed E-state index contributed by atoms with van der Waals surface area (Å²) >= 11 is 0. The Bertz CT molecular complexity index is 534. The van der Waals surface area contributed by atoms with Gasteiger partial charge in [-0.3, -0.25) is 4.79 Å². The molecule has 0 unspecified atom stereocenters. The fraction of sp³-hybridized carbons (Fsp3) is 0.500. The Kier molecular flexibility index (Phi) is 4.58. The van der Waals surface area contributed by atoms with Crippen LogP contribution < -0.4 is 5.32 Å². The van der Waals surface area contributed by atoms with Gasteiger partial charge in [-0.25, -0.2) is 4.79 Å². The van der Waals surface area contributed by atoms with Crippen molar-refractivity contribution < 1.29 is 19.1 Å². The first-order valence-corrected chi connectivity index (χ1v) is 7.59. The fourth-order valence-corrected chi connectivity index (χ4v) is 2.88. The van der Waals surface area contributed by atoms with Crippen LogP contribution in [0.3, 0.4) is 0 Å². The number of hydrogen-bond donors (Lipinski definition) is 1. The van der Waals surface area contributed by atoms with Gasteiger partial charge in [0.1, 0.15) is 13.2 Å². The lowest BCUT2D eigenvalue weighted by Crippen LogP contribution is -2.55. The predicted molar refractivity (Wildman–Crippen MR) is 79.1 cm³/mol. The van der Waals surface area contributed by atoms with Crippen LogP contribution in [-0.2, 0) is 20.9 Å². The Morgan fingerprint density at radius 3 is 3.00 bits per heavy atom.